The van der Waals surface area contributed by atoms with Gasteiger partial charge in [0.05, 0.1) is 25.9 Å². The van der Waals surface area contributed by atoms with Gasteiger partial charge >= 0.3 is 0 Å². The Balaban J connectivity index is 2.16. The van der Waals surface area contributed by atoms with Crippen molar-refractivity contribution in [3.05, 3.63) is 16.1 Å². The molecule has 0 aliphatic rings. The molecule has 4 nitrogen and oxygen atoms in total. The van der Waals surface area contributed by atoms with Crippen LogP contribution in [0.1, 0.15) is 23.7 Å². The normalized spacial score (nSPS) is 13.0. The van der Waals surface area contributed by atoms with Crippen molar-refractivity contribution in [2.75, 3.05) is 26.4 Å². The van der Waals surface area contributed by atoms with Crippen LogP contribution in [0, 0.1) is 6.92 Å². The highest BCUT2D eigenvalue weighted by Crippen LogP contribution is 2.16. The minimum atomic E-state index is 0.0846. The Morgan fingerprint density at radius 2 is 2.40 bits per heavy atom. The molecule has 0 amide bonds. The maximum absolute atomic E-state index is 8.50. The molecule has 1 rings (SSSR count). The standard InChI is InChI=1S/C10H18N2O2S/c1-8-7-15-10(12-8)9(2)11-3-5-14-6-4-13/h7,9,11,13H,3-6H2,1-2H3. The van der Waals surface area contributed by atoms with Crippen LogP contribution in [-0.4, -0.2) is 36.5 Å². The summed E-state index contributed by atoms with van der Waals surface area (Å²) in [6.45, 7) is 5.98. The summed E-state index contributed by atoms with van der Waals surface area (Å²) in [6.07, 6.45) is 0. The number of aromatic nitrogens is 1. The number of hydrogen-bond acceptors (Lipinski definition) is 5. The van der Waals surface area contributed by atoms with Crippen molar-refractivity contribution in [3.63, 3.8) is 0 Å². The smallest absolute Gasteiger partial charge is 0.110 e. The summed E-state index contributed by atoms with van der Waals surface area (Å²) in [6, 6.07) is 0.265. The van der Waals surface area contributed by atoms with E-state index in [0.717, 1.165) is 17.2 Å². The van der Waals surface area contributed by atoms with Gasteiger partial charge in [-0.3, -0.25) is 0 Å². The first-order chi connectivity index (χ1) is 7.24. The third kappa shape index (κ3) is 4.70. The third-order valence-electron chi connectivity index (χ3n) is 1.94. The van der Waals surface area contributed by atoms with Crippen molar-refractivity contribution in [2.45, 2.75) is 19.9 Å². The molecule has 15 heavy (non-hydrogen) atoms. The van der Waals surface area contributed by atoms with Gasteiger partial charge in [-0.25, -0.2) is 4.98 Å². The zero-order valence-electron chi connectivity index (χ0n) is 9.19. The molecule has 1 aromatic rings. The molecule has 0 spiro atoms. The molecule has 0 radical (unpaired) electrons. The van der Waals surface area contributed by atoms with Gasteiger partial charge in [-0.05, 0) is 13.8 Å². The number of aliphatic hydroxyl groups is 1. The first-order valence-corrected chi connectivity index (χ1v) is 5.96. The van der Waals surface area contributed by atoms with E-state index in [4.69, 9.17) is 9.84 Å². The van der Waals surface area contributed by atoms with Crippen molar-refractivity contribution in [3.8, 4) is 0 Å². The molecule has 0 fully saturated rings. The maximum atomic E-state index is 8.50. The molecule has 0 bridgehead atoms. The zero-order chi connectivity index (χ0) is 11.1. The van der Waals surface area contributed by atoms with Crippen LogP contribution in [0.4, 0.5) is 0 Å². The Morgan fingerprint density at radius 3 is 3.00 bits per heavy atom. The third-order valence-corrected chi connectivity index (χ3v) is 3.09. The van der Waals surface area contributed by atoms with E-state index in [-0.39, 0.29) is 12.6 Å². The molecule has 2 N–H and O–H groups in total. The van der Waals surface area contributed by atoms with Crippen molar-refractivity contribution < 1.29 is 9.84 Å². The van der Waals surface area contributed by atoms with Crippen molar-refractivity contribution in [2.24, 2.45) is 0 Å². The van der Waals surface area contributed by atoms with E-state index in [1.54, 1.807) is 11.3 Å². The second kappa shape index (κ2) is 6.90. The van der Waals surface area contributed by atoms with E-state index in [0.29, 0.717) is 13.2 Å². The van der Waals surface area contributed by atoms with Crippen LogP contribution in [0.2, 0.25) is 0 Å². The summed E-state index contributed by atoms with van der Waals surface area (Å²) < 4.78 is 5.14. The first kappa shape index (κ1) is 12.6. The van der Waals surface area contributed by atoms with E-state index in [9.17, 15) is 0 Å². The fourth-order valence-corrected chi connectivity index (χ4v) is 2.00. The van der Waals surface area contributed by atoms with Crippen LogP contribution in [0.5, 0.6) is 0 Å². The van der Waals surface area contributed by atoms with Crippen molar-refractivity contribution >= 4 is 11.3 Å². The lowest BCUT2D eigenvalue weighted by atomic mass is 10.3. The number of hydrogen-bond donors (Lipinski definition) is 2. The molecule has 1 heterocycles. The Morgan fingerprint density at radius 1 is 1.60 bits per heavy atom. The van der Waals surface area contributed by atoms with Gasteiger partial charge in [0.2, 0.25) is 0 Å². The number of aryl methyl sites for hydroxylation is 1. The van der Waals surface area contributed by atoms with Gasteiger partial charge in [0.15, 0.2) is 0 Å². The topological polar surface area (TPSA) is 54.4 Å². The lowest BCUT2D eigenvalue weighted by molar-refractivity contribution is 0.0928. The number of nitrogens with one attached hydrogen (secondary N) is 1. The molecule has 5 heteroatoms. The Hall–Kier alpha value is -0.490. The molecule has 1 aromatic heterocycles. The predicted octanol–water partition coefficient (Wildman–Crippen LogP) is 1.11. The van der Waals surface area contributed by atoms with Crippen LogP contribution in [-0.2, 0) is 4.74 Å². The van der Waals surface area contributed by atoms with Gasteiger partial charge in [-0.2, -0.15) is 0 Å². The number of thiazole rings is 1. The lowest BCUT2D eigenvalue weighted by Crippen LogP contribution is -2.23. The minimum Gasteiger partial charge on any atom is -0.394 e. The SMILES string of the molecule is Cc1csc(C(C)NCCOCCO)n1. The molecule has 0 aliphatic carbocycles. The van der Waals surface area contributed by atoms with Gasteiger partial charge in [-0.1, -0.05) is 0 Å². The number of nitrogens with zero attached hydrogens (tertiary/aromatic N) is 1. The summed E-state index contributed by atoms with van der Waals surface area (Å²) in [5.74, 6) is 0. The summed E-state index contributed by atoms with van der Waals surface area (Å²) in [5.41, 5.74) is 1.07. The Bertz CT molecular complexity index is 278. The second-order valence-electron chi connectivity index (χ2n) is 3.34. The summed E-state index contributed by atoms with van der Waals surface area (Å²) in [5, 5.41) is 15.0. The molecule has 0 aliphatic heterocycles. The molecule has 0 saturated carbocycles. The molecule has 1 atom stereocenters. The van der Waals surface area contributed by atoms with Gasteiger partial charge in [-0.15, -0.1) is 11.3 Å². The van der Waals surface area contributed by atoms with Gasteiger partial charge in [0, 0.05) is 17.6 Å². The summed E-state index contributed by atoms with van der Waals surface area (Å²) >= 11 is 1.67. The number of aliphatic hydroxyl groups excluding tert-OH is 1. The molecule has 0 saturated heterocycles. The zero-order valence-corrected chi connectivity index (χ0v) is 10.0. The van der Waals surface area contributed by atoms with Crippen LogP contribution in [0.15, 0.2) is 5.38 Å². The summed E-state index contributed by atoms with van der Waals surface area (Å²) in [7, 11) is 0. The van der Waals surface area contributed by atoms with E-state index in [1.165, 1.54) is 0 Å². The largest absolute Gasteiger partial charge is 0.394 e. The predicted molar refractivity (Wildman–Crippen MR) is 61.2 cm³/mol. The van der Waals surface area contributed by atoms with Crippen LogP contribution >= 0.6 is 11.3 Å². The fraction of sp³-hybridized carbons (Fsp3) is 0.700. The molecule has 1 unspecified atom stereocenters. The second-order valence-corrected chi connectivity index (χ2v) is 4.23. The van der Waals surface area contributed by atoms with E-state index < -0.39 is 0 Å². The van der Waals surface area contributed by atoms with Crippen LogP contribution < -0.4 is 5.32 Å². The minimum absolute atomic E-state index is 0.0846. The maximum Gasteiger partial charge on any atom is 0.110 e. The van der Waals surface area contributed by atoms with E-state index >= 15 is 0 Å². The van der Waals surface area contributed by atoms with E-state index in [1.807, 2.05) is 6.92 Å². The monoisotopic (exact) mass is 230 g/mol. The highest BCUT2D eigenvalue weighted by Gasteiger charge is 2.07. The molecule has 0 aromatic carbocycles. The van der Waals surface area contributed by atoms with Gasteiger partial charge in [0.1, 0.15) is 5.01 Å². The molecular weight excluding hydrogens is 212 g/mol. The Kier molecular flexibility index (Phi) is 5.78. The average Bonchev–Trinajstić information content (AvgIpc) is 2.64. The van der Waals surface area contributed by atoms with Gasteiger partial charge in [0.25, 0.3) is 0 Å². The van der Waals surface area contributed by atoms with Crippen molar-refractivity contribution in [1.82, 2.24) is 10.3 Å². The summed E-state index contributed by atoms with van der Waals surface area (Å²) in [4.78, 5) is 4.40. The number of ether oxygens (including phenoxy) is 1. The van der Waals surface area contributed by atoms with Crippen LogP contribution in [0.25, 0.3) is 0 Å². The highest BCUT2D eigenvalue weighted by atomic mass is 32.1. The Labute approximate surface area is 94.3 Å². The first-order valence-electron chi connectivity index (χ1n) is 5.08. The fourth-order valence-electron chi connectivity index (χ4n) is 1.17. The quantitative estimate of drug-likeness (QED) is 0.689. The average molecular weight is 230 g/mol. The molecule has 86 valence electrons. The van der Waals surface area contributed by atoms with Crippen LogP contribution in [0.3, 0.4) is 0 Å². The van der Waals surface area contributed by atoms with Crippen molar-refractivity contribution in [1.29, 1.82) is 0 Å². The van der Waals surface area contributed by atoms with E-state index in [2.05, 4.69) is 22.6 Å². The lowest BCUT2D eigenvalue weighted by Gasteiger charge is -2.10. The molecular formula is C10H18N2O2S. The van der Waals surface area contributed by atoms with Gasteiger partial charge < -0.3 is 15.2 Å². The number of rotatable bonds is 7. The highest BCUT2D eigenvalue weighted by molar-refractivity contribution is 7.09.